The fraction of sp³-hybridized carbons (Fsp3) is 0.0667. The van der Waals surface area contributed by atoms with Crippen molar-refractivity contribution in [2.75, 3.05) is 0 Å². The zero-order chi connectivity index (χ0) is 16.8. The number of hydrogen-bond acceptors (Lipinski definition) is 4. The van der Waals surface area contributed by atoms with Crippen LogP contribution >= 0.6 is 11.6 Å². The number of hydrogen-bond donors (Lipinski definition) is 1. The molecule has 23 heavy (non-hydrogen) atoms. The van der Waals surface area contributed by atoms with Crippen LogP contribution in [0, 0.1) is 6.92 Å². The molecular weight excluding hydrogens is 338 g/mol. The van der Waals surface area contributed by atoms with Crippen molar-refractivity contribution in [2.45, 2.75) is 11.8 Å². The Bertz CT molecular complexity index is 1070. The van der Waals surface area contributed by atoms with Gasteiger partial charge >= 0.3 is 0 Å². The van der Waals surface area contributed by atoms with Crippen LogP contribution in [0.25, 0.3) is 16.6 Å². The lowest BCUT2D eigenvalue weighted by Gasteiger charge is -2.11. The zero-order valence-corrected chi connectivity index (χ0v) is 13.6. The van der Waals surface area contributed by atoms with Crippen molar-refractivity contribution in [1.82, 2.24) is 9.55 Å². The summed E-state index contributed by atoms with van der Waals surface area (Å²) in [6, 6.07) is 10.6. The summed E-state index contributed by atoms with van der Waals surface area (Å²) in [5, 5.41) is 6.00. The smallest absolute Gasteiger partial charge is 0.265 e. The molecule has 1 heterocycles. The van der Waals surface area contributed by atoms with Gasteiger partial charge in [0.15, 0.2) is 0 Å². The first-order valence-corrected chi connectivity index (χ1v) is 8.52. The summed E-state index contributed by atoms with van der Waals surface area (Å²) < 4.78 is 24.0. The highest BCUT2D eigenvalue weighted by Gasteiger charge is 2.12. The van der Waals surface area contributed by atoms with E-state index in [0.717, 1.165) is 0 Å². The average molecular weight is 350 g/mol. The molecule has 0 amide bonds. The SMILES string of the molecule is Cc1nc2cc(Cl)ccc2c(=O)n1-c1ccc(S(N)(=O)=O)cc1. The Kier molecular flexibility index (Phi) is 3.71. The summed E-state index contributed by atoms with van der Waals surface area (Å²) >= 11 is 5.92. The molecule has 8 heteroatoms. The number of primary sulfonamides is 1. The molecule has 0 radical (unpaired) electrons. The molecule has 118 valence electrons. The summed E-state index contributed by atoms with van der Waals surface area (Å²) in [5.74, 6) is 0.466. The molecule has 0 aliphatic carbocycles. The Labute approximate surface area is 137 Å². The normalized spacial score (nSPS) is 11.8. The van der Waals surface area contributed by atoms with Crippen LogP contribution in [-0.4, -0.2) is 18.0 Å². The van der Waals surface area contributed by atoms with Gasteiger partial charge in [0.05, 0.1) is 21.5 Å². The lowest BCUT2D eigenvalue weighted by atomic mass is 10.2. The molecule has 3 aromatic rings. The molecule has 0 bridgehead atoms. The second-order valence-electron chi connectivity index (χ2n) is 5.00. The molecule has 1 aromatic heterocycles. The van der Waals surface area contributed by atoms with Gasteiger partial charge in [-0.3, -0.25) is 9.36 Å². The van der Waals surface area contributed by atoms with Crippen LogP contribution in [0.1, 0.15) is 5.82 Å². The Morgan fingerprint density at radius 1 is 1.13 bits per heavy atom. The molecule has 3 rings (SSSR count). The molecule has 6 nitrogen and oxygen atoms in total. The van der Waals surface area contributed by atoms with Crippen LogP contribution < -0.4 is 10.7 Å². The number of rotatable bonds is 2. The van der Waals surface area contributed by atoms with E-state index in [0.29, 0.717) is 27.4 Å². The first-order chi connectivity index (χ1) is 10.8. The Balaban J connectivity index is 2.24. The van der Waals surface area contributed by atoms with Crippen LogP contribution in [0.3, 0.4) is 0 Å². The fourth-order valence-electron chi connectivity index (χ4n) is 2.36. The molecule has 0 aliphatic heterocycles. The molecule has 0 atom stereocenters. The third-order valence-electron chi connectivity index (χ3n) is 3.42. The number of nitrogens with two attached hydrogens (primary N) is 1. The summed E-state index contributed by atoms with van der Waals surface area (Å²) in [4.78, 5) is 17.0. The second kappa shape index (κ2) is 5.45. The van der Waals surface area contributed by atoms with Crippen LogP contribution in [-0.2, 0) is 10.0 Å². The summed E-state index contributed by atoms with van der Waals surface area (Å²) in [5.41, 5.74) is 0.758. The van der Waals surface area contributed by atoms with Crippen molar-refractivity contribution in [3.8, 4) is 5.69 Å². The maximum absolute atomic E-state index is 12.7. The van der Waals surface area contributed by atoms with Crippen LogP contribution in [0.15, 0.2) is 52.2 Å². The third-order valence-corrected chi connectivity index (χ3v) is 4.59. The van der Waals surface area contributed by atoms with Gasteiger partial charge in [-0.25, -0.2) is 18.5 Å². The molecule has 2 N–H and O–H groups in total. The van der Waals surface area contributed by atoms with Gasteiger partial charge in [0.1, 0.15) is 5.82 Å². The highest BCUT2D eigenvalue weighted by Crippen LogP contribution is 2.18. The van der Waals surface area contributed by atoms with Gasteiger partial charge in [0, 0.05) is 5.02 Å². The number of halogens is 1. The highest BCUT2D eigenvalue weighted by molar-refractivity contribution is 7.89. The molecule has 0 fully saturated rings. The van der Waals surface area contributed by atoms with Crippen molar-refractivity contribution in [3.63, 3.8) is 0 Å². The van der Waals surface area contributed by atoms with Gasteiger partial charge in [0.25, 0.3) is 5.56 Å². The lowest BCUT2D eigenvalue weighted by Crippen LogP contribution is -2.22. The van der Waals surface area contributed by atoms with E-state index in [2.05, 4.69) is 4.98 Å². The molecule has 0 spiro atoms. The van der Waals surface area contributed by atoms with Crippen molar-refractivity contribution in [1.29, 1.82) is 0 Å². The molecule has 0 saturated heterocycles. The standard InChI is InChI=1S/C15H12ClN3O3S/c1-9-18-14-8-10(16)2-7-13(14)15(20)19(9)11-3-5-12(6-4-11)23(17,21)22/h2-8H,1H3,(H2,17,21,22). The molecule has 0 saturated carbocycles. The summed E-state index contributed by atoms with van der Waals surface area (Å²) in [6.45, 7) is 1.69. The van der Waals surface area contributed by atoms with E-state index in [4.69, 9.17) is 16.7 Å². The number of nitrogens with zero attached hydrogens (tertiary/aromatic N) is 2. The van der Waals surface area contributed by atoms with E-state index >= 15 is 0 Å². The molecule has 0 unspecified atom stereocenters. The minimum Gasteiger partial charge on any atom is -0.268 e. The van der Waals surface area contributed by atoms with Gasteiger partial charge in [-0.2, -0.15) is 0 Å². The number of aromatic nitrogens is 2. The van der Waals surface area contributed by atoms with Gasteiger partial charge < -0.3 is 0 Å². The summed E-state index contributed by atoms with van der Waals surface area (Å²) in [7, 11) is -3.78. The van der Waals surface area contributed by atoms with E-state index in [1.165, 1.54) is 28.8 Å². The maximum Gasteiger partial charge on any atom is 0.265 e. The van der Waals surface area contributed by atoms with Crippen molar-refractivity contribution < 1.29 is 8.42 Å². The van der Waals surface area contributed by atoms with Crippen LogP contribution in [0.4, 0.5) is 0 Å². The molecule has 2 aromatic carbocycles. The topological polar surface area (TPSA) is 95.0 Å². The van der Waals surface area contributed by atoms with Crippen molar-refractivity contribution in [2.24, 2.45) is 5.14 Å². The van der Waals surface area contributed by atoms with Crippen molar-refractivity contribution >= 4 is 32.5 Å². The maximum atomic E-state index is 12.7. The zero-order valence-electron chi connectivity index (χ0n) is 12.0. The number of fused-ring (bicyclic) bond motifs is 1. The fourth-order valence-corrected chi connectivity index (χ4v) is 3.04. The Hall–Kier alpha value is -2.22. The Morgan fingerprint density at radius 3 is 2.39 bits per heavy atom. The Morgan fingerprint density at radius 2 is 1.78 bits per heavy atom. The predicted octanol–water partition coefficient (Wildman–Crippen LogP) is 1.99. The van der Waals surface area contributed by atoms with Gasteiger partial charge in [-0.1, -0.05) is 11.6 Å². The van der Waals surface area contributed by atoms with Gasteiger partial charge in [0.2, 0.25) is 10.0 Å². The average Bonchev–Trinajstić information content (AvgIpc) is 2.46. The molecular formula is C15H12ClN3O3S. The number of benzene rings is 2. The van der Waals surface area contributed by atoms with E-state index in [1.807, 2.05) is 0 Å². The van der Waals surface area contributed by atoms with Crippen LogP contribution in [0.5, 0.6) is 0 Å². The minimum atomic E-state index is -3.78. The third kappa shape index (κ3) is 2.86. The summed E-state index contributed by atoms with van der Waals surface area (Å²) in [6.07, 6.45) is 0. The lowest BCUT2D eigenvalue weighted by molar-refractivity contribution is 0.598. The largest absolute Gasteiger partial charge is 0.268 e. The highest BCUT2D eigenvalue weighted by atomic mass is 35.5. The minimum absolute atomic E-state index is 0.0208. The monoisotopic (exact) mass is 349 g/mol. The first-order valence-electron chi connectivity index (χ1n) is 6.59. The van der Waals surface area contributed by atoms with Crippen molar-refractivity contribution in [3.05, 3.63) is 63.7 Å². The predicted molar refractivity (Wildman–Crippen MR) is 88.5 cm³/mol. The quantitative estimate of drug-likeness (QED) is 0.765. The molecule has 0 aliphatic rings. The van der Waals surface area contributed by atoms with Gasteiger partial charge in [-0.15, -0.1) is 0 Å². The van der Waals surface area contributed by atoms with E-state index in [-0.39, 0.29) is 10.5 Å². The van der Waals surface area contributed by atoms with Gasteiger partial charge in [-0.05, 0) is 49.4 Å². The second-order valence-corrected chi connectivity index (χ2v) is 7.00. The van der Waals surface area contributed by atoms with Crippen LogP contribution in [0.2, 0.25) is 5.02 Å². The first kappa shape index (κ1) is 15.7. The number of aryl methyl sites for hydroxylation is 1. The number of sulfonamides is 1. The van der Waals surface area contributed by atoms with E-state index in [9.17, 15) is 13.2 Å². The van der Waals surface area contributed by atoms with E-state index < -0.39 is 10.0 Å². The van der Waals surface area contributed by atoms with E-state index in [1.54, 1.807) is 25.1 Å².